The summed E-state index contributed by atoms with van der Waals surface area (Å²) in [6.07, 6.45) is 0.505. The van der Waals surface area contributed by atoms with E-state index in [1.54, 1.807) is 12.1 Å². The molecule has 0 saturated heterocycles. The van der Waals surface area contributed by atoms with E-state index in [1.807, 2.05) is 11.5 Å². The zero-order valence-electron chi connectivity index (χ0n) is 13.5. The molecule has 0 unspecified atom stereocenters. The van der Waals surface area contributed by atoms with Crippen LogP contribution in [0.15, 0.2) is 23.4 Å². The van der Waals surface area contributed by atoms with Crippen molar-refractivity contribution in [2.45, 2.75) is 25.0 Å². The topological polar surface area (TPSA) is 103 Å². The number of halogens is 2. The summed E-state index contributed by atoms with van der Waals surface area (Å²) < 4.78 is 1.89. The van der Waals surface area contributed by atoms with Crippen LogP contribution in [0.25, 0.3) is 0 Å². The quantitative estimate of drug-likeness (QED) is 0.659. The molecule has 25 heavy (non-hydrogen) atoms. The van der Waals surface area contributed by atoms with Gasteiger partial charge in [-0.1, -0.05) is 35.0 Å². The lowest BCUT2D eigenvalue weighted by molar-refractivity contribution is -0.115. The van der Waals surface area contributed by atoms with Gasteiger partial charge in [0, 0.05) is 25.1 Å². The van der Waals surface area contributed by atoms with Gasteiger partial charge in [-0.05, 0) is 25.1 Å². The molecule has 134 valence electrons. The molecule has 0 bridgehead atoms. The molecule has 7 nitrogen and oxygen atoms in total. The molecule has 0 spiro atoms. The van der Waals surface area contributed by atoms with Crippen LogP contribution in [-0.2, 0) is 17.8 Å². The molecule has 3 N–H and O–H groups in total. The van der Waals surface area contributed by atoms with Crippen LogP contribution in [0.2, 0.25) is 10.0 Å². The van der Waals surface area contributed by atoms with Crippen molar-refractivity contribution in [3.63, 3.8) is 0 Å². The van der Waals surface area contributed by atoms with Gasteiger partial charge in [-0.15, -0.1) is 10.2 Å². The maximum absolute atomic E-state index is 12.1. The molecule has 0 aliphatic heterocycles. The van der Waals surface area contributed by atoms with E-state index in [1.165, 1.54) is 17.8 Å². The predicted octanol–water partition coefficient (Wildman–Crippen LogP) is 2.15. The Kier molecular flexibility index (Phi) is 7.10. The van der Waals surface area contributed by atoms with Crippen LogP contribution in [0.1, 0.15) is 23.1 Å². The second-order valence-corrected chi connectivity index (χ2v) is 6.79. The first-order valence-corrected chi connectivity index (χ1v) is 9.23. The van der Waals surface area contributed by atoms with Crippen molar-refractivity contribution < 1.29 is 9.59 Å². The number of nitrogens with zero attached hydrogens (tertiary/aromatic N) is 3. The normalized spacial score (nSPS) is 10.7. The van der Waals surface area contributed by atoms with E-state index in [0.717, 1.165) is 5.82 Å². The van der Waals surface area contributed by atoms with Gasteiger partial charge in [0.1, 0.15) is 5.82 Å². The Morgan fingerprint density at radius 1 is 1.28 bits per heavy atom. The maximum Gasteiger partial charge on any atom is 0.251 e. The predicted molar refractivity (Wildman–Crippen MR) is 98.1 cm³/mol. The number of carbonyl (C=O) groups excluding carboxylic acids is 2. The summed E-state index contributed by atoms with van der Waals surface area (Å²) in [5.41, 5.74) is 5.58. The Morgan fingerprint density at radius 3 is 2.68 bits per heavy atom. The first-order valence-electron chi connectivity index (χ1n) is 7.48. The first-order chi connectivity index (χ1) is 11.9. The first kappa shape index (κ1) is 19.6. The lowest BCUT2D eigenvalue weighted by Crippen LogP contribution is -2.26. The van der Waals surface area contributed by atoms with E-state index in [0.29, 0.717) is 40.3 Å². The Balaban J connectivity index is 1.93. The van der Waals surface area contributed by atoms with Crippen LogP contribution in [0, 0.1) is 0 Å². The lowest BCUT2D eigenvalue weighted by Gasteiger charge is -2.08. The van der Waals surface area contributed by atoms with Crippen LogP contribution >= 0.6 is 35.0 Å². The number of primary amides is 1. The number of hydrogen-bond acceptors (Lipinski definition) is 5. The van der Waals surface area contributed by atoms with E-state index in [9.17, 15) is 9.59 Å². The van der Waals surface area contributed by atoms with Crippen LogP contribution < -0.4 is 11.1 Å². The molecule has 0 radical (unpaired) electrons. The van der Waals surface area contributed by atoms with Gasteiger partial charge in [-0.2, -0.15) is 0 Å². The fourth-order valence-corrected chi connectivity index (χ4v) is 3.15. The molecule has 2 amide bonds. The zero-order chi connectivity index (χ0) is 18.4. The smallest absolute Gasteiger partial charge is 0.251 e. The minimum absolute atomic E-state index is 0.145. The Hall–Kier alpha value is -1.77. The summed E-state index contributed by atoms with van der Waals surface area (Å²) >= 11 is 13.0. The molecule has 1 aromatic carbocycles. The van der Waals surface area contributed by atoms with Crippen LogP contribution in [-0.4, -0.2) is 38.9 Å². The molecule has 0 atom stereocenters. The van der Waals surface area contributed by atoms with Crippen molar-refractivity contribution in [2.24, 2.45) is 5.73 Å². The van der Waals surface area contributed by atoms with Gasteiger partial charge in [0.05, 0.1) is 15.8 Å². The molecule has 2 aromatic rings. The summed E-state index contributed by atoms with van der Waals surface area (Å²) in [5.74, 6) is 0.214. The number of thioether (sulfide) groups is 1. The second-order valence-electron chi connectivity index (χ2n) is 5.03. The number of hydrogen-bond donors (Lipinski definition) is 2. The average Bonchev–Trinajstić information content (AvgIpc) is 2.97. The Labute approximate surface area is 159 Å². The minimum Gasteiger partial charge on any atom is -0.369 e. The fraction of sp³-hybridized carbons (Fsp3) is 0.333. The van der Waals surface area contributed by atoms with Gasteiger partial charge < -0.3 is 15.6 Å². The van der Waals surface area contributed by atoms with Gasteiger partial charge >= 0.3 is 0 Å². The number of amides is 2. The van der Waals surface area contributed by atoms with E-state index in [2.05, 4.69) is 15.5 Å². The Morgan fingerprint density at radius 2 is 2.04 bits per heavy atom. The average molecular weight is 402 g/mol. The number of carbonyl (C=O) groups is 2. The van der Waals surface area contributed by atoms with Crippen molar-refractivity contribution in [3.05, 3.63) is 39.6 Å². The van der Waals surface area contributed by atoms with Crippen LogP contribution in [0.5, 0.6) is 0 Å². The molecule has 1 aromatic heterocycles. The largest absolute Gasteiger partial charge is 0.369 e. The fourth-order valence-electron chi connectivity index (χ4n) is 2.09. The van der Waals surface area contributed by atoms with Gasteiger partial charge in [-0.3, -0.25) is 9.59 Å². The van der Waals surface area contributed by atoms with E-state index >= 15 is 0 Å². The molecule has 2 rings (SSSR count). The number of nitrogens with one attached hydrogen (secondary N) is 1. The van der Waals surface area contributed by atoms with Crippen molar-refractivity contribution in [1.29, 1.82) is 0 Å². The summed E-state index contributed by atoms with van der Waals surface area (Å²) in [6, 6.07) is 4.71. The van der Waals surface area contributed by atoms with E-state index in [-0.39, 0.29) is 11.7 Å². The Bertz CT molecular complexity index is 781. The lowest BCUT2D eigenvalue weighted by atomic mass is 10.2. The number of benzene rings is 1. The van der Waals surface area contributed by atoms with Crippen LogP contribution in [0.4, 0.5) is 0 Å². The van der Waals surface area contributed by atoms with Gasteiger partial charge in [0.15, 0.2) is 5.16 Å². The highest BCUT2D eigenvalue weighted by Gasteiger charge is 2.13. The highest BCUT2D eigenvalue weighted by molar-refractivity contribution is 7.99. The molecule has 10 heteroatoms. The van der Waals surface area contributed by atoms with Crippen LogP contribution in [0.3, 0.4) is 0 Å². The molecular formula is C15H17Cl2N5O2S. The van der Waals surface area contributed by atoms with Gasteiger partial charge in [0.25, 0.3) is 5.91 Å². The van der Waals surface area contributed by atoms with Crippen molar-refractivity contribution in [3.8, 4) is 0 Å². The summed E-state index contributed by atoms with van der Waals surface area (Å²) in [4.78, 5) is 23.0. The van der Waals surface area contributed by atoms with Crippen molar-refractivity contribution in [2.75, 3.05) is 12.3 Å². The molecule has 0 aliphatic carbocycles. The second kappa shape index (κ2) is 9.07. The highest BCUT2D eigenvalue weighted by atomic mass is 35.5. The monoisotopic (exact) mass is 401 g/mol. The molecule has 0 aliphatic rings. The van der Waals surface area contributed by atoms with E-state index in [4.69, 9.17) is 28.9 Å². The summed E-state index contributed by atoms with van der Waals surface area (Å²) in [7, 11) is 0. The zero-order valence-corrected chi connectivity index (χ0v) is 15.8. The standard InChI is InChI=1S/C15H17Cl2N5O2S/c1-2-22-13(20-21-15(22)25-8-12(18)23)5-6-19-14(24)9-3-4-10(16)11(17)7-9/h3-4,7H,2,5-6,8H2,1H3,(H2,18,23)(H,19,24). The molecular weight excluding hydrogens is 385 g/mol. The third-order valence-corrected chi connectivity index (χ3v) is 5.00. The minimum atomic E-state index is -0.411. The molecule has 0 saturated carbocycles. The van der Waals surface area contributed by atoms with Crippen molar-refractivity contribution in [1.82, 2.24) is 20.1 Å². The summed E-state index contributed by atoms with van der Waals surface area (Å²) in [6.45, 7) is 3.00. The van der Waals surface area contributed by atoms with Crippen molar-refractivity contribution >= 4 is 46.8 Å². The SMILES string of the molecule is CCn1c(CCNC(=O)c2ccc(Cl)c(Cl)c2)nnc1SCC(N)=O. The molecule has 1 heterocycles. The maximum atomic E-state index is 12.1. The van der Waals surface area contributed by atoms with E-state index < -0.39 is 5.91 Å². The summed E-state index contributed by atoms with van der Waals surface area (Å²) in [5, 5.41) is 12.3. The molecule has 0 fully saturated rings. The number of nitrogens with two attached hydrogens (primary N) is 1. The number of aromatic nitrogens is 3. The third kappa shape index (κ3) is 5.35. The highest BCUT2D eigenvalue weighted by Crippen LogP contribution is 2.22. The van der Waals surface area contributed by atoms with Gasteiger partial charge in [-0.25, -0.2) is 0 Å². The number of rotatable bonds is 8. The van der Waals surface area contributed by atoms with Gasteiger partial charge in [0.2, 0.25) is 5.91 Å². The third-order valence-electron chi connectivity index (χ3n) is 3.27.